The van der Waals surface area contributed by atoms with E-state index in [2.05, 4.69) is 19.2 Å². The number of aromatic nitrogens is 3. The van der Waals surface area contributed by atoms with Crippen LogP contribution in [0.5, 0.6) is 11.5 Å². The third kappa shape index (κ3) is 3.73. The highest BCUT2D eigenvalue weighted by Gasteiger charge is 2.43. The van der Waals surface area contributed by atoms with Gasteiger partial charge in [-0.05, 0) is 36.1 Å². The number of carbonyl (C=O) groups excluding carboxylic acids is 1. The lowest BCUT2D eigenvalue weighted by atomic mass is 9.73. The van der Waals surface area contributed by atoms with Crippen molar-refractivity contribution >= 4 is 34.9 Å². The number of anilines is 1. The molecule has 176 valence electrons. The van der Waals surface area contributed by atoms with Crippen molar-refractivity contribution in [3.8, 4) is 22.9 Å². The fourth-order valence-corrected chi connectivity index (χ4v) is 5.30. The SMILES string of the molecule is COc1cccc(C2C3=C(CC(C)(C)CC3=O)Nc3nc(-c4ccc(Cl)cc4Cl)nn32)c1OC. The number of halogens is 2. The Morgan fingerprint density at radius 2 is 1.91 bits per heavy atom. The molecule has 0 radical (unpaired) electrons. The highest BCUT2D eigenvalue weighted by atomic mass is 35.5. The van der Waals surface area contributed by atoms with Crippen molar-refractivity contribution < 1.29 is 14.3 Å². The van der Waals surface area contributed by atoms with E-state index >= 15 is 0 Å². The van der Waals surface area contributed by atoms with E-state index in [0.717, 1.165) is 11.3 Å². The zero-order chi connectivity index (χ0) is 24.2. The van der Waals surface area contributed by atoms with E-state index < -0.39 is 6.04 Å². The lowest BCUT2D eigenvalue weighted by molar-refractivity contribution is -0.118. The summed E-state index contributed by atoms with van der Waals surface area (Å²) in [6, 6.07) is 10.3. The number of fused-ring (bicyclic) bond motifs is 1. The summed E-state index contributed by atoms with van der Waals surface area (Å²) >= 11 is 12.5. The maximum atomic E-state index is 13.5. The van der Waals surface area contributed by atoms with Crippen LogP contribution in [0.25, 0.3) is 11.4 Å². The summed E-state index contributed by atoms with van der Waals surface area (Å²) in [5.74, 6) is 2.16. The number of ketones is 1. The van der Waals surface area contributed by atoms with Crippen LogP contribution in [0, 0.1) is 5.41 Å². The molecule has 7 nitrogen and oxygen atoms in total. The Bertz CT molecular complexity index is 1350. The zero-order valence-corrected chi connectivity index (χ0v) is 20.8. The zero-order valence-electron chi connectivity index (χ0n) is 19.3. The number of para-hydroxylation sites is 1. The van der Waals surface area contributed by atoms with Crippen LogP contribution in [0.4, 0.5) is 5.95 Å². The Morgan fingerprint density at radius 3 is 2.62 bits per heavy atom. The number of rotatable bonds is 4. The van der Waals surface area contributed by atoms with Gasteiger partial charge in [0, 0.05) is 33.8 Å². The summed E-state index contributed by atoms with van der Waals surface area (Å²) in [4.78, 5) is 18.2. The fraction of sp³-hybridized carbons (Fsp3) is 0.320. The molecule has 0 amide bonds. The molecule has 5 rings (SSSR count). The van der Waals surface area contributed by atoms with Crippen LogP contribution in [0.3, 0.4) is 0 Å². The largest absolute Gasteiger partial charge is 0.493 e. The molecule has 0 saturated carbocycles. The standard InChI is InChI=1S/C25H24Cl2N4O3/c1-25(2)11-17-20(18(32)12-25)21(15-6-5-7-19(33-3)22(15)34-4)31-24(28-17)29-23(30-31)14-9-8-13(26)10-16(14)27/h5-10,21H,11-12H2,1-4H3,(H,28,29,30). The smallest absolute Gasteiger partial charge is 0.226 e. The molecule has 0 spiro atoms. The van der Waals surface area contributed by atoms with E-state index in [9.17, 15) is 4.79 Å². The monoisotopic (exact) mass is 498 g/mol. The first-order valence-electron chi connectivity index (χ1n) is 10.9. The van der Waals surface area contributed by atoms with Crippen molar-refractivity contribution in [1.29, 1.82) is 0 Å². The van der Waals surface area contributed by atoms with E-state index in [1.807, 2.05) is 18.2 Å². The highest BCUT2D eigenvalue weighted by molar-refractivity contribution is 6.36. The molecule has 1 atom stereocenters. The van der Waals surface area contributed by atoms with Gasteiger partial charge in [-0.3, -0.25) is 4.79 Å². The van der Waals surface area contributed by atoms with Gasteiger partial charge in [-0.1, -0.05) is 49.2 Å². The second kappa shape index (κ2) is 8.32. The lowest BCUT2D eigenvalue weighted by Gasteiger charge is -2.38. The van der Waals surface area contributed by atoms with Crippen LogP contribution in [0.2, 0.25) is 10.0 Å². The van der Waals surface area contributed by atoms with Crippen LogP contribution >= 0.6 is 23.2 Å². The summed E-state index contributed by atoms with van der Waals surface area (Å²) in [7, 11) is 3.18. The second-order valence-corrected chi connectivity index (χ2v) is 10.1. The molecule has 0 fully saturated rings. The molecular weight excluding hydrogens is 475 g/mol. The predicted octanol–water partition coefficient (Wildman–Crippen LogP) is 5.93. The predicted molar refractivity (Wildman–Crippen MR) is 132 cm³/mol. The first-order valence-corrected chi connectivity index (χ1v) is 11.6. The van der Waals surface area contributed by atoms with Crippen LogP contribution in [-0.4, -0.2) is 34.8 Å². The summed E-state index contributed by atoms with van der Waals surface area (Å²) in [6.45, 7) is 4.19. The Kier molecular flexibility index (Phi) is 5.57. The Morgan fingerprint density at radius 1 is 1.12 bits per heavy atom. The molecule has 2 heterocycles. The van der Waals surface area contributed by atoms with E-state index in [4.69, 9.17) is 42.8 Å². The number of ether oxygens (including phenoxy) is 2. The third-order valence-corrected chi connectivity index (χ3v) is 6.78. The van der Waals surface area contributed by atoms with E-state index in [0.29, 0.717) is 57.3 Å². The Hall–Kier alpha value is -3.03. The molecule has 2 aromatic carbocycles. The minimum Gasteiger partial charge on any atom is -0.493 e. The van der Waals surface area contributed by atoms with Gasteiger partial charge < -0.3 is 14.8 Å². The summed E-state index contributed by atoms with van der Waals surface area (Å²) < 4.78 is 13.0. The van der Waals surface area contributed by atoms with Gasteiger partial charge in [-0.15, -0.1) is 5.10 Å². The first kappa shape index (κ1) is 22.7. The molecule has 34 heavy (non-hydrogen) atoms. The first-order chi connectivity index (χ1) is 16.2. The van der Waals surface area contributed by atoms with Crippen molar-refractivity contribution in [1.82, 2.24) is 14.8 Å². The number of nitrogens with zero attached hydrogens (tertiary/aromatic N) is 3. The van der Waals surface area contributed by atoms with Crippen molar-refractivity contribution in [2.24, 2.45) is 5.41 Å². The quantitative estimate of drug-likeness (QED) is 0.480. The number of benzene rings is 2. The van der Waals surface area contributed by atoms with Crippen molar-refractivity contribution in [2.45, 2.75) is 32.7 Å². The summed E-state index contributed by atoms with van der Waals surface area (Å²) in [6.07, 6.45) is 1.15. The number of hydrogen-bond acceptors (Lipinski definition) is 6. The number of nitrogens with one attached hydrogen (secondary N) is 1. The number of methoxy groups -OCH3 is 2. The normalized spacial score (nSPS) is 18.8. The molecule has 2 aliphatic rings. The van der Waals surface area contributed by atoms with E-state index in [1.54, 1.807) is 37.1 Å². The average Bonchev–Trinajstić information content (AvgIpc) is 3.19. The van der Waals surface area contributed by atoms with Gasteiger partial charge in [0.1, 0.15) is 6.04 Å². The topological polar surface area (TPSA) is 78.3 Å². The highest BCUT2D eigenvalue weighted by Crippen LogP contribution is 2.48. The van der Waals surface area contributed by atoms with E-state index in [-0.39, 0.29) is 11.2 Å². The van der Waals surface area contributed by atoms with Gasteiger partial charge in [-0.2, -0.15) is 4.98 Å². The fourth-order valence-electron chi connectivity index (χ4n) is 4.81. The van der Waals surface area contributed by atoms with Crippen molar-refractivity contribution in [3.05, 3.63) is 63.3 Å². The van der Waals surface area contributed by atoms with Crippen molar-refractivity contribution in [2.75, 3.05) is 19.5 Å². The van der Waals surface area contributed by atoms with Crippen LogP contribution < -0.4 is 14.8 Å². The van der Waals surface area contributed by atoms with Gasteiger partial charge in [0.15, 0.2) is 23.1 Å². The maximum absolute atomic E-state index is 13.5. The molecule has 9 heteroatoms. The minimum absolute atomic E-state index is 0.0702. The van der Waals surface area contributed by atoms with Crippen LogP contribution in [0.15, 0.2) is 47.7 Å². The molecule has 1 aliphatic heterocycles. The van der Waals surface area contributed by atoms with Crippen LogP contribution in [0.1, 0.15) is 38.3 Å². The summed E-state index contributed by atoms with van der Waals surface area (Å²) in [5.41, 5.74) is 2.76. The number of hydrogen-bond donors (Lipinski definition) is 1. The maximum Gasteiger partial charge on any atom is 0.226 e. The van der Waals surface area contributed by atoms with Gasteiger partial charge in [-0.25, -0.2) is 4.68 Å². The van der Waals surface area contributed by atoms with E-state index in [1.165, 1.54) is 0 Å². The minimum atomic E-state index is -0.535. The molecule has 1 N–H and O–H groups in total. The Balaban J connectivity index is 1.74. The molecular formula is C25H24Cl2N4O3. The van der Waals surface area contributed by atoms with Crippen molar-refractivity contribution in [3.63, 3.8) is 0 Å². The molecule has 1 aliphatic carbocycles. The van der Waals surface area contributed by atoms with Gasteiger partial charge in [0.25, 0.3) is 0 Å². The number of Topliss-reactive ketones (excluding diaryl/α,β-unsaturated/α-hetero) is 1. The molecule has 1 aromatic heterocycles. The number of carbonyl (C=O) groups is 1. The van der Waals surface area contributed by atoms with Gasteiger partial charge >= 0.3 is 0 Å². The van der Waals surface area contributed by atoms with Gasteiger partial charge in [0.2, 0.25) is 5.95 Å². The molecule has 0 bridgehead atoms. The Labute approximate surface area is 207 Å². The van der Waals surface area contributed by atoms with Crippen LogP contribution in [-0.2, 0) is 4.79 Å². The second-order valence-electron chi connectivity index (χ2n) is 9.27. The van der Waals surface area contributed by atoms with Gasteiger partial charge in [0.05, 0.1) is 19.2 Å². The number of allylic oxidation sites excluding steroid dienone is 2. The lowest BCUT2D eigenvalue weighted by Crippen LogP contribution is -2.36. The molecule has 1 unspecified atom stereocenters. The molecule has 3 aromatic rings. The average molecular weight is 499 g/mol. The molecule has 0 saturated heterocycles. The summed E-state index contributed by atoms with van der Waals surface area (Å²) in [5, 5.41) is 9.15. The third-order valence-electron chi connectivity index (χ3n) is 6.23.